The number of hydrogen-bond acceptors (Lipinski definition) is 4. The van der Waals surface area contributed by atoms with Gasteiger partial charge in [-0.1, -0.05) is 18.2 Å². The molecule has 0 bridgehead atoms. The van der Waals surface area contributed by atoms with Crippen LogP contribution < -0.4 is 5.32 Å². The molecule has 3 aromatic rings. The van der Waals surface area contributed by atoms with Gasteiger partial charge >= 0.3 is 0 Å². The minimum atomic E-state index is 0.182. The van der Waals surface area contributed by atoms with Crippen molar-refractivity contribution in [3.05, 3.63) is 54.2 Å². The van der Waals surface area contributed by atoms with Crippen LogP contribution >= 0.6 is 0 Å². The first-order valence-corrected chi connectivity index (χ1v) is 6.01. The van der Waals surface area contributed by atoms with E-state index in [-0.39, 0.29) is 5.75 Å². The molecule has 1 aromatic carbocycles. The monoisotopic (exact) mass is 251 g/mol. The lowest BCUT2D eigenvalue weighted by molar-refractivity contribution is 0.480. The van der Waals surface area contributed by atoms with Crippen molar-refractivity contribution in [2.75, 3.05) is 5.32 Å². The summed E-state index contributed by atoms with van der Waals surface area (Å²) in [5.74, 6) is 1.61. The molecule has 94 valence electrons. The zero-order valence-electron chi connectivity index (χ0n) is 10.5. The summed E-state index contributed by atoms with van der Waals surface area (Å²) in [6.45, 7) is 1.97. The Labute approximate surface area is 110 Å². The number of aryl methyl sites for hydroxylation is 1. The average molecular weight is 251 g/mol. The topological polar surface area (TPSA) is 58.0 Å². The van der Waals surface area contributed by atoms with E-state index in [1.54, 1.807) is 12.3 Å². The number of rotatable bonds is 2. The second-order valence-corrected chi connectivity index (χ2v) is 4.34. The Hall–Kier alpha value is -2.62. The number of phenols is 1. The SMILES string of the molecule is Cc1cc2cccc(O)c2nc1Nc1ccccn1. The summed E-state index contributed by atoms with van der Waals surface area (Å²) in [6.07, 6.45) is 1.72. The Morgan fingerprint density at radius 3 is 2.79 bits per heavy atom. The average Bonchev–Trinajstić information content (AvgIpc) is 2.42. The van der Waals surface area contributed by atoms with Crippen molar-refractivity contribution >= 4 is 22.5 Å². The lowest BCUT2D eigenvalue weighted by Gasteiger charge is -2.10. The van der Waals surface area contributed by atoms with E-state index in [0.717, 1.165) is 16.8 Å². The molecular formula is C15H13N3O. The summed E-state index contributed by atoms with van der Waals surface area (Å²) in [5.41, 5.74) is 1.59. The smallest absolute Gasteiger partial charge is 0.141 e. The van der Waals surface area contributed by atoms with Gasteiger partial charge in [-0.2, -0.15) is 0 Å². The van der Waals surface area contributed by atoms with Crippen LogP contribution in [0.15, 0.2) is 48.7 Å². The number of para-hydroxylation sites is 1. The molecule has 2 heterocycles. The Morgan fingerprint density at radius 1 is 1.11 bits per heavy atom. The Morgan fingerprint density at radius 2 is 2.00 bits per heavy atom. The molecule has 0 aliphatic rings. The van der Waals surface area contributed by atoms with Crippen molar-refractivity contribution in [1.29, 1.82) is 0 Å². The van der Waals surface area contributed by atoms with E-state index < -0.39 is 0 Å². The fourth-order valence-corrected chi connectivity index (χ4v) is 1.97. The zero-order valence-corrected chi connectivity index (χ0v) is 10.5. The molecule has 0 radical (unpaired) electrons. The van der Waals surface area contributed by atoms with Crippen LogP contribution in [0.2, 0.25) is 0 Å². The molecule has 2 N–H and O–H groups in total. The highest BCUT2D eigenvalue weighted by Gasteiger charge is 2.07. The van der Waals surface area contributed by atoms with Crippen LogP contribution in [-0.4, -0.2) is 15.1 Å². The predicted octanol–water partition coefficient (Wildman–Crippen LogP) is 3.39. The second kappa shape index (κ2) is 4.57. The van der Waals surface area contributed by atoms with Gasteiger partial charge in [-0.3, -0.25) is 0 Å². The van der Waals surface area contributed by atoms with Gasteiger partial charge in [0, 0.05) is 11.6 Å². The van der Waals surface area contributed by atoms with Crippen molar-refractivity contribution in [1.82, 2.24) is 9.97 Å². The maximum absolute atomic E-state index is 9.85. The number of pyridine rings is 2. The third-order valence-corrected chi connectivity index (χ3v) is 2.93. The molecule has 0 saturated heterocycles. The summed E-state index contributed by atoms with van der Waals surface area (Å²) in [7, 11) is 0. The fourth-order valence-electron chi connectivity index (χ4n) is 1.97. The first-order chi connectivity index (χ1) is 9.24. The van der Waals surface area contributed by atoms with E-state index in [1.165, 1.54) is 0 Å². The molecule has 0 saturated carbocycles. The van der Waals surface area contributed by atoms with Crippen LogP contribution in [0, 0.1) is 6.92 Å². The van der Waals surface area contributed by atoms with Gasteiger partial charge in [-0.05, 0) is 36.8 Å². The summed E-state index contributed by atoms with van der Waals surface area (Å²) in [6, 6.07) is 13.0. The quantitative estimate of drug-likeness (QED) is 0.733. The minimum absolute atomic E-state index is 0.182. The molecular weight excluding hydrogens is 238 g/mol. The number of aromatic nitrogens is 2. The third-order valence-electron chi connectivity index (χ3n) is 2.93. The summed E-state index contributed by atoms with van der Waals surface area (Å²) in [4.78, 5) is 8.67. The normalized spacial score (nSPS) is 10.6. The highest BCUT2D eigenvalue weighted by Crippen LogP contribution is 2.27. The molecule has 4 heteroatoms. The first kappa shape index (κ1) is 11.5. The van der Waals surface area contributed by atoms with E-state index in [9.17, 15) is 5.11 Å². The zero-order chi connectivity index (χ0) is 13.2. The Bertz CT molecular complexity index is 726. The van der Waals surface area contributed by atoms with Crippen LogP contribution in [0.4, 0.5) is 11.6 Å². The molecule has 0 unspecified atom stereocenters. The van der Waals surface area contributed by atoms with Crippen molar-refractivity contribution in [2.24, 2.45) is 0 Å². The van der Waals surface area contributed by atoms with E-state index in [2.05, 4.69) is 15.3 Å². The highest BCUT2D eigenvalue weighted by atomic mass is 16.3. The summed E-state index contributed by atoms with van der Waals surface area (Å²) < 4.78 is 0. The van der Waals surface area contributed by atoms with Crippen molar-refractivity contribution in [3.8, 4) is 5.75 Å². The lowest BCUT2D eigenvalue weighted by atomic mass is 10.1. The predicted molar refractivity (Wildman–Crippen MR) is 75.7 cm³/mol. The molecule has 0 atom stereocenters. The van der Waals surface area contributed by atoms with Crippen LogP contribution in [0.25, 0.3) is 10.9 Å². The fraction of sp³-hybridized carbons (Fsp3) is 0.0667. The van der Waals surface area contributed by atoms with E-state index in [0.29, 0.717) is 11.3 Å². The molecule has 0 amide bonds. The van der Waals surface area contributed by atoms with Crippen LogP contribution in [-0.2, 0) is 0 Å². The van der Waals surface area contributed by atoms with Crippen LogP contribution in [0.5, 0.6) is 5.75 Å². The number of aromatic hydroxyl groups is 1. The van der Waals surface area contributed by atoms with Crippen molar-refractivity contribution in [3.63, 3.8) is 0 Å². The molecule has 19 heavy (non-hydrogen) atoms. The summed E-state index contributed by atoms with van der Waals surface area (Å²) in [5, 5.41) is 13.9. The molecule has 0 fully saturated rings. The Kier molecular flexibility index (Phi) is 2.76. The van der Waals surface area contributed by atoms with Crippen molar-refractivity contribution in [2.45, 2.75) is 6.92 Å². The molecule has 0 aliphatic carbocycles. The molecule has 4 nitrogen and oxygen atoms in total. The van der Waals surface area contributed by atoms with Crippen LogP contribution in [0.1, 0.15) is 5.56 Å². The number of nitrogens with zero attached hydrogens (tertiary/aromatic N) is 2. The number of fused-ring (bicyclic) bond motifs is 1. The number of anilines is 2. The van der Waals surface area contributed by atoms with Crippen LogP contribution in [0.3, 0.4) is 0 Å². The first-order valence-electron chi connectivity index (χ1n) is 6.01. The maximum atomic E-state index is 9.85. The van der Waals surface area contributed by atoms with Gasteiger partial charge in [0.05, 0.1) is 0 Å². The molecule has 2 aromatic heterocycles. The number of benzene rings is 1. The van der Waals surface area contributed by atoms with Gasteiger partial charge in [0.2, 0.25) is 0 Å². The second-order valence-electron chi connectivity index (χ2n) is 4.34. The van der Waals surface area contributed by atoms with E-state index in [4.69, 9.17) is 0 Å². The number of nitrogens with one attached hydrogen (secondary N) is 1. The van der Waals surface area contributed by atoms with Gasteiger partial charge in [0.15, 0.2) is 0 Å². The van der Waals surface area contributed by atoms with Crippen molar-refractivity contribution < 1.29 is 5.11 Å². The number of phenolic OH excluding ortho intramolecular Hbond substituents is 1. The molecule has 0 aliphatic heterocycles. The number of hydrogen-bond donors (Lipinski definition) is 2. The largest absolute Gasteiger partial charge is 0.506 e. The Balaban J connectivity index is 2.09. The van der Waals surface area contributed by atoms with Gasteiger partial charge in [-0.25, -0.2) is 9.97 Å². The third kappa shape index (κ3) is 2.20. The summed E-state index contributed by atoms with van der Waals surface area (Å²) >= 11 is 0. The van der Waals surface area contributed by atoms with E-state index in [1.807, 2.05) is 43.3 Å². The lowest BCUT2D eigenvalue weighted by Crippen LogP contribution is -1.98. The maximum Gasteiger partial charge on any atom is 0.141 e. The van der Waals surface area contributed by atoms with Gasteiger partial charge in [0.25, 0.3) is 0 Å². The highest BCUT2D eigenvalue weighted by molar-refractivity contribution is 5.87. The van der Waals surface area contributed by atoms with Gasteiger partial charge in [-0.15, -0.1) is 0 Å². The van der Waals surface area contributed by atoms with Gasteiger partial charge in [0.1, 0.15) is 22.9 Å². The van der Waals surface area contributed by atoms with Gasteiger partial charge < -0.3 is 10.4 Å². The minimum Gasteiger partial charge on any atom is -0.506 e. The molecule has 3 rings (SSSR count). The molecule has 0 spiro atoms. The van der Waals surface area contributed by atoms with E-state index >= 15 is 0 Å². The standard InChI is InChI=1S/C15H13N3O/c1-10-9-11-5-4-6-12(19)14(11)18-15(10)17-13-7-2-3-8-16-13/h2-9,19H,1H3,(H,16,17,18).